The standard InChI is InChI=1S/C12H24N2O6S/c1-9(7-20-4)8-21(18,19)14(10(2)12(16)17)6-5-13-11(3)15/h9-10H,5-8H2,1-4H3,(H,13,15)(H,16,17). The summed E-state index contributed by atoms with van der Waals surface area (Å²) in [5, 5.41) is 11.5. The fraction of sp³-hybridized carbons (Fsp3) is 0.833. The molecule has 0 aliphatic heterocycles. The molecule has 0 heterocycles. The predicted molar refractivity (Wildman–Crippen MR) is 77.3 cm³/mol. The van der Waals surface area contributed by atoms with Gasteiger partial charge in [-0.25, -0.2) is 8.42 Å². The minimum absolute atomic E-state index is 0.0604. The second-order valence-corrected chi connectivity index (χ2v) is 6.91. The molecule has 0 bridgehead atoms. The number of hydrogen-bond acceptors (Lipinski definition) is 5. The van der Waals surface area contributed by atoms with Crippen LogP contribution < -0.4 is 5.32 Å². The van der Waals surface area contributed by atoms with Crippen LogP contribution in [0, 0.1) is 5.92 Å². The van der Waals surface area contributed by atoms with Gasteiger partial charge in [-0.2, -0.15) is 4.31 Å². The van der Waals surface area contributed by atoms with Crippen LogP contribution in [0.4, 0.5) is 0 Å². The number of carboxylic acids is 1. The Morgan fingerprint density at radius 3 is 2.33 bits per heavy atom. The second-order valence-electron chi connectivity index (χ2n) is 4.95. The van der Waals surface area contributed by atoms with E-state index in [-0.39, 0.29) is 37.3 Å². The molecule has 2 N–H and O–H groups in total. The number of rotatable bonds is 10. The summed E-state index contributed by atoms with van der Waals surface area (Å²) < 4.78 is 30.5. The van der Waals surface area contributed by atoms with E-state index in [1.54, 1.807) is 6.92 Å². The number of hydrogen-bond donors (Lipinski definition) is 2. The van der Waals surface area contributed by atoms with Crippen LogP contribution in [-0.4, -0.2) is 68.3 Å². The van der Waals surface area contributed by atoms with Crippen LogP contribution in [-0.2, 0) is 24.3 Å². The number of carbonyl (C=O) groups is 2. The van der Waals surface area contributed by atoms with Gasteiger partial charge in [0.05, 0.1) is 5.75 Å². The monoisotopic (exact) mass is 324 g/mol. The van der Waals surface area contributed by atoms with Crippen LogP contribution in [0.15, 0.2) is 0 Å². The van der Waals surface area contributed by atoms with Crippen molar-refractivity contribution in [3.63, 3.8) is 0 Å². The lowest BCUT2D eigenvalue weighted by atomic mass is 10.2. The molecule has 0 aromatic heterocycles. The third-order valence-electron chi connectivity index (χ3n) is 2.80. The lowest BCUT2D eigenvalue weighted by molar-refractivity contribution is -0.140. The van der Waals surface area contributed by atoms with Crippen molar-refractivity contribution in [2.24, 2.45) is 5.92 Å². The molecule has 21 heavy (non-hydrogen) atoms. The first kappa shape index (κ1) is 19.8. The van der Waals surface area contributed by atoms with Gasteiger partial charge in [0.15, 0.2) is 0 Å². The van der Waals surface area contributed by atoms with E-state index in [1.807, 2.05) is 0 Å². The highest BCUT2D eigenvalue weighted by Gasteiger charge is 2.32. The molecule has 8 nitrogen and oxygen atoms in total. The second kappa shape index (κ2) is 8.96. The number of aliphatic carboxylic acids is 1. The minimum atomic E-state index is -3.76. The Bertz CT molecular complexity index is 451. The molecule has 0 radical (unpaired) electrons. The zero-order valence-electron chi connectivity index (χ0n) is 12.8. The normalized spacial score (nSPS) is 14.7. The topological polar surface area (TPSA) is 113 Å². The van der Waals surface area contributed by atoms with E-state index >= 15 is 0 Å². The van der Waals surface area contributed by atoms with Gasteiger partial charge in [-0.15, -0.1) is 0 Å². The van der Waals surface area contributed by atoms with Crippen molar-refractivity contribution in [3.8, 4) is 0 Å². The van der Waals surface area contributed by atoms with E-state index in [1.165, 1.54) is 21.0 Å². The summed E-state index contributed by atoms with van der Waals surface area (Å²) in [5.41, 5.74) is 0. The van der Waals surface area contributed by atoms with Crippen molar-refractivity contribution in [1.82, 2.24) is 9.62 Å². The number of carbonyl (C=O) groups excluding carboxylic acids is 1. The first-order chi connectivity index (χ1) is 9.61. The first-order valence-electron chi connectivity index (χ1n) is 6.57. The van der Waals surface area contributed by atoms with Gasteiger partial charge < -0.3 is 15.2 Å². The summed E-state index contributed by atoms with van der Waals surface area (Å²) in [7, 11) is -2.30. The average molecular weight is 324 g/mol. The molecule has 0 aromatic carbocycles. The molecule has 2 atom stereocenters. The van der Waals surface area contributed by atoms with Gasteiger partial charge in [-0.1, -0.05) is 6.92 Å². The zero-order chi connectivity index (χ0) is 16.6. The van der Waals surface area contributed by atoms with E-state index in [4.69, 9.17) is 9.84 Å². The molecule has 0 spiro atoms. The van der Waals surface area contributed by atoms with E-state index in [2.05, 4.69) is 5.32 Å². The van der Waals surface area contributed by atoms with Gasteiger partial charge in [0.2, 0.25) is 15.9 Å². The maximum atomic E-state index is 12.3. The molecule has 0 saturated heterocycles. The Labute approximate surface area is 125 Å². The molecule has 9 heteroatoms. The van der Waals surface area contributed by atoms with Crippen molar-refractivity contribution in [2.75, 3.05) is 32.6 Å². The van der Waals surface area contributed by atoms with Crippen LogP contribution in [0.25, 0.3) is 0 Å². The van der Waals surface area contributed by atoms with Crippen LogP contribution in [0.1, 0.15) is 20.8 Å². The van der Waals surface area contributed by atoms with Gasteiger partial charge in [0.25, 0.3) is 0 Å². The van der Waals surface area contributed by atoms with Gasteiger partial charge in [-0.3, -0.25) is 9.59 Å². The highest BCUT2D eigenvalue weighted by atomic mass is 32.2. The minimum Gasteiger partial charge on any atom is -0.480 e. The molecule has 0 aliphatic rings. The number of ether oxygens (including phenoxy) is 1. The van der Waals surface area contributed by atoms with Crippen LogP contribution in [0.5, 0.6) is 0 Å². The number of sulfonamides is 1. The first-order valence-corrected chi connectivity index (χ1v) is 8.18. The Morgan fingerprint density at radius 1 is 1.33 bits per heavy atom. The van der Waals surface area contributed by atoms with Crippen molar-refractivity contribution in [3.05, 3.63) is 0 Å². The molecule has 124 valence electrons. The molecule has 0 saturated carbocycles. The van der Waals surface area contributed by atoms with E-state index in [9.17, 15) is 18.0 Å². The number of methoxy groups -OCH3 is 1. The van der Waals surface area contributed by atoms with Crippen molar-refractivity contribution in [1.29, 1.82) is 0 Å². The largest absolute Gasteiger partial charge is 0.480 e. The maximum Gasteiger partial charge on any atom is 0.321 e. The SMILES string of the molecule is COCC(C)CS(=O)(=O)N(CCNC(C)=O)C(C)C(=O)O. The fourth-order valence-corrected chi connectivity index (χ4v) is 3.78. The number of nitrogens with zero attached hydrogens (tertiary/aromatic N) is 1. The third kappa shape index (κ3) is 7.39. The lowest BCUT2D eigenvalue weighted by Gasteiger charge is -2.27. The predicted octanol–water partition coefficient (Wildman–Crippen LogP) is -0.490. The zero-order valence-corrected chi connectivity index (χ0v) is 13.6. The van der Waals surface area contributed by atoms with E-state index < -0.39 is 22.0 Å². The maximum absolute atomic E-state index is 12.3. The van der Waals surface area contributed by atoms with Crippen LogP contribution in [0.2, 0.25) is 0 Å². The Kier molecular flexibility index (Phi) is 8.45. The number of amides is 1. The summed E-state index contributed by atoms with van der Waals surface area (Å²) >= 11 is 0. The highest BCUT2D eigenvalue weighted by molar-refractivity contribution is 7.89. The number of carboxylic acid groups (broad SMARTS) is 1. The summed E-state index contributed by atoms with van der Waals surface area (Å²) in [6, 6.07) is -1.20. The van der Waals surface area contributed by atoms with E-state index in [0.717, 1.165) is 4.31 Å². The molecule has 0 fully saturated rings. The van der Waals surface area contributed by atoms with Crippen LogP contribution in [0.3, 0.4) is 0 Å². The number of nitrogens with one attached hydrogen (secondary N) is 1. The van der Waals surface area contributed by atoms with Gasteiger partial charge >= 0.3 is 5.97 Å². The van der Waals surface area contributed by atoms with Crippen LogP contribution >= 0.6 is 0 Å². The molecular formula is C12H24N2O6S. The summed E-state index contributed by atoms with van der Waals surface area (Å²) in [4.78, 5) is 21.9. The average Bonchev–Trinajstić information content (AvgIpc) is 2.32. The van der Waals surface area contributed by atoms with Gasteiger partial charge in [0, 0.05) is 33.7 Å². The summed E-state index contributed by atoms with van der Waals surface area (Å²) in [5.74, 6) is -2.01. The molecule has 0 aromatic rings. The third-order valence-corrected chi connectivity index (χ3v) is 5.00. The molecule has 0 rings (SSSR count). The van der Waals surface area contributed by atoms with Crippen molar-refractivity contribution < 1.29 is 27.9 Å². The Balaban J connectivity index is 4.99. The van der Waals surface area contributed by atoms with Crippen molar-refractivity contribution in [2.45, 2.75) is 26.8 Å². The molecular weight excluding hydrogens is 300 g/mol. The fourth-order valence-electron chi connectivity index (χ4n) is 1.83. The van der Waals surface area contributed by atoms with Gasteiger partial charge in [-0.05, 0) is 12.8 Å². The molecule has 2 unspecified atom stereocenters. The van der Waals surface area contributed by atoms with Crippen molar-refractivity contribution >= 4 is 21.9 Å². The van der Waals surface area contributed by atoms with Gasteiger partial charge in [0.1, 0.15) is 6.04 Å². The summed E-state index contributed by atoms with van der Waals surface area (Å²) in [6.45, 7) is 4.55. The molecule has 0 aliphatic carbocycles. The van der Waals surface area contributed by atoms with E-state index in [0.29, 0.717) is 0 Å². The highest BCUT2D eigenvalue weighted by Crippen LogP contribution is 2.12. The quantitative estimate of drug-likeness (QED) is 0.561. The summed E-state index contributed by atoms with van der Waals surface area (Å²) in [6.07, 6.45) is 0. The molecule has 1 amide bonds. The smallest absolute Gasteiger partial charge is 0.321 e. The Morgan fingerprint density at radius 2 is 1.90 bits per heavy atom. The Hall–Kier alpha value is -1.19. The lowest BCUT2D eigenvalue weighted by Crippen LogP contribution is -2.48.